The smallest absolute Gasteiger partial charge is 0.213 e. The van der Waals surface area contributed by atoms with Crippen LogP contribution in [-0.4, -0.2) is 32.7 Å². The summed E-state index contributed by atoms with van der Waals surface area (Å²) in [6, 6.07) is 7.35. The summed E-state index contributed by atoms with van der Waals surface area (Å²) in [5.74, 6) is -0.00594. The maximum Gasteiger partial charge on any atom is 0.213 e. The Hall–Kier alpha value is -1.86. The van der Waals surface area contributed by atoms with E-state index >= 15 is 0 Å². The van der Waals surface area contributed by atoms with Crippen molar-refractivity contribution in [3.05, 3.63) is 30.5 Å². The molecule has 0 aliphatic rings. The Balaban J connectivity index is 2.16. The van der Waals surface area contributed by atoms with Crippen molar-refractivity contribution in [1.82, 2.24) is 9.71 Å². The summed E-state index contributed by atoms with van der Waals surface area (Å²) in [7, 11) is -1.82. The summed E-state index contributed by atoms with van der Waals surface area (Å²) in [5.41, 5.74) is 8.14. The van der Waals surface area contributed by atoms with Gasteiger partial charge in [-0.05, 0) is 31.3 Å². The topological polar surface area (TPSA) is 97.1 Å². The van der Waals surface area contributed by atoms with E-state index < -0.39 is 10.0 Å². The number of hydrogen-bond donors (Lipinski definition) is 3. The second-order valence-corrected chi connectivity index (χ2v) is 6.09. The average Bonchev–Trinajstić information content (AvgIpc) is 2.42. The molecule has 0 saturated heterocycles. The summed E-state index contributed by atoms with van der Waals surface area (Å²) in [6.07, 6.45) is 1.70. The fraction of sp³-hybridized carbons (Fsp3) is 0.250. The van der Waals surface area contributed by atoms with Gasteiger partial charge in [0.1, 0.15) is 0 Å². The molecule has 0 aliphatic carbocycles. The first kappa shape index (κ1) is 13.6. The van der Waals surface area contributed by atoms with Gasteiger partial charge in [-0.2, -0.15) is 0 Å². The zero-order valence-electron chi connectivity index (χ0n) is 10.6. The van der Waals surface area contributed by atoms with Crippen molar-refractivity contribution in [3.63, 3.8) is 0 Å². The normalized spacial score (nSPS) is 11.6. The van der Waals surface area contributed by atoms with E-state index in [2.05, 4.69) is 15.0 Å². The quantitative estimate of drug-likeness (QED) is 0.703. The predicted molar refractivity (Wildman–Crippen MR) is 77.5 cm³/mol. The minimum Gasteiger partial charge on any atom is -0.397 e. The molecule has 1 aromatic carbocycles. The monoisotopic (exact) mass is 280 g/mol. The van der Waals surface area contributed by atoms with Gasteiger partial charge in [-0.25, -0.2) is 13.1 Å². The number of benzene rings is 1. The first-order valence-corrected chi connectivity index (χ1v) is 7.47. The second kappa shape index (κ2) is 5.41. The van der Waals surface area contributed by atoms with Crippen LogP contribution < -0.4 is 15.8 Å². The highest BCUT2D eigenvalue weighted by molar-refractivity contribution is 7.89. The van der Waals surface area contributed by atoms with Gasteiger partial charge in [-0.1, -0.05) is 0 Å². The minimum absolute atomic E-state index is 0.00594. The number of fused-ring (bicyclic) bond motifs is 1. The highest BCUT2D eigenvalue weighted by Crippen LogP contribution is 2.27. The Kier molecular flexibility index (Phi) is 3.87. The number of sulfonamides is 1. The Bertz CT molecular complexity index is 685. The highest BCUT2D eigenvalue weighted by atomic mass is 32.2. The van der Waals surface area contributed by atoms with Crippen LogP contribution in [0.15, 0.2) is 30.5 Å². The summed E-state index contributed by atoms with van der Waals surface area (Å²) >= 11 is 0. The molecule has 0 aliphatic heterocycles. The molecule has 102 valence electrons. The largest absolute Gasteiger partial charge is 0.397 e. The lowest BCUT2D eigenvalue weighted by Crippen LogP contribution is -2.26. The van der Waals surface area contributed by atoms with Crippen molar-refractivity contribution in [2.75, 3.05) is 30.4 Å². The number of rotatable bonds is 5. The number of hydrogen-bond acceptors (Lipinski definition) is 5. The number of nitrogens with one attached hydrogen (secondary N) is 2. The van der Waals surface area contributed by atoms with Crippen LogP contribution in [0, 0.1) is 0 Å². The van der Waals surface area contributed by atoms with Gasteiger partial charge in [0.2, 0.25) is 10.0 Å². The van der Waals surface area contributed by atoms with Crippen molar-refractivity contribution in [2.24, 2.45) is 0 Å². The summed E-state index contributed by atoms with van der Waals surface area (Å²) in [6.45, 7) is 0.291. The molecule has 0 radical (unpaired) electrons. The number of nitrogens with zero attached hydrogens (tertiary/aromatic N) is 1. The molecule has 0 unspecified atom stereocenters. The van der Waals surface area contributed by atoms with Crippen LogP contribution in [0.2, 0.25) is 0 Å². The number of nitrogen functional groups attached to an aromatic ring is 1. The van der Waals surface area contributed by atoms with Crippen molar-refractivity contribution < 1.29 is 8.42 Å². The van der Waals surface area contributed by atoms with Gasteiger partial charge in [-0.15, -0.1) is 0 Å². The maximum atomic E-state index is 11.3. The van der Waals surface area contributed by atoms with E-state index in [4.69, 9.17) is 5.73 Å². The van der Waals surface area contributed by atoms with Crippen LogP contribution in [0.25, 0.3) is 10.9 Å². The van der Waals surface area contributed by atoms with E-state index in [0.717, 1.165) is 10.9 Å². The number of pyridine rings is 1. The van der Waals surface area contributed by atoms with E-state index in [-0.39, 0.29) is 5.75 Å². The molecule has 4 N–H and O–H groups in total. The Morgan fingerprint density at radius 2 is 2.11 bits per heavy atom. The Morgan fingerprint density at radius 3 is 2.84 bits per heavy atom. The van der Waals surface area contributed by atoms with Crippen molar-refractivity contribution in [2.45, 2.75) is 0 Å². The number of anilines is 2. The van der Waals surface area contributed by atoms with Crippen molar-refractivity contribution in [3.8, 4) is 0 Å². The summed E-state index contributed by atoms with van der Waals surface area (Å²) in [4.78, 5) is 4.20. The van der Waals surface area contributed by atoms with Gasteiger partial charge in [-0.3, -0.25) is 4.98 Å². The number of nitrogens with two attached hydrogens (primary N) is 1. The van der Waals surface area contributed by atoms with E-state index in [1.54, 1.807) is 12.3 Å². The first-order valence-electron chi connectivity index (χ1n) is 5.82. The van der Waals surface area contributed by atoms with Gasteiger partial charge in [0.15, 0.2) is 0 Å². The van der Waals surface area contributed by atoms with Crippen LogP contribution in [0.4, 0.5) is 11.4 Å². The molecule has 0 spiro atoms. The molecule has 0 amide bonds. The van der Waals surface area contributed by atoms with E-state index in [0.29, 0.717) is 17.9 Å². The van der Waals surface area contributed by atoms with Crippen molar-refractivity contribution >= 4 is 32.3 Å². The fourth-order valence-corrected chi connectivity index (χ4v) is 2.33. The molecule has 1 aromatic heterocycles. The fourth-order valence-electron chi connectivity index (χ4n) is 1.75. The molecule has 2 aromatic rings. The van der Waals surface area contributed by atoms with Gasteiger partial charge >= 0.3 is 0 Å². The third kappa shape index (κ3) is 3.12. The van der Waals surface area contributed by atoms with E-state index in [9.17, 15) is 8.42 Å². The lowest BCUT2D eigenvalue weighted by molar-refractivity contribution is 0.588. The van der Waals surface area contributed by atoms with E-state index in [1.807, 2.05) is 18.2 Å². The van der Waals surface area contributed by atoms with Gasteiger partial charge in [0, 0.05) is 18.1 Å². The molecule has 0 bridgehead atoms. The summed E-state index contributed by atoms with van der Waals surface area (Å²) < 4.78 is 24.9. The van der Waals surface area contributed by atoms with Crippen LogP contribution in [0.3, 0.4) is 0 Å². The van der Waals surface area contributed by atoms with Crippen molar-refractivity contribution in [1.29, 1.82) is 0 Å². The average molecular weight is 280 g/mol. The standard InChI is InChI=1S/C12H16N4O2S/c1-14-19(17,18)8-7-16-11-5-4-10-9(12(11)13)3-2-6-15-10/h2-6,14,16H,7-8,13H2,1H3. The molecule has 0 saturated carbocycles. The molecular weight excluding hydrogens is 264 g/mol. The maximum absolute atomic E-state index is 11.3. The second-order valence-electron chi connectivity index (χ2n) is 4.05. The molecule has 0 fully saturated rings. The van der Waals surface area contributed by atoms with Gasteiger partial charge < -0.3 is 11.1 Å². The molecule has 7 heteroatoms. The molecule has 6 nitrogen and oxygen atoms in total. The third-order valence-electron chi connectivity index (χ3n) is 2.82. The third-order valence-corrected chi connectivity index (χ3v) is 4.19. The zero-order chi connectivity index (χ0) is 13.9. The van der Waals surface area contributed by atoms with E-state index in [1.165, 1.54) is 7.05 Å². The minimum atomic E-state index is -3.21. The molecule has 19 heavy (non-hydrogen) atoms. The van der Waals surface area contributed by atoms with Crippen LogP contribution in [0.5, 0.6) is 0 Å². The number of aromatic nitrogens is 1. The van der Waals surface area contributed by atoms with Crippen LogP contribution >= 0.6 is 0 Å². The van der Waals surface area contributed by atoms with Gasteiger partial charge in [0.05, 0.1) is 22.6 Å². The Labute approximate surface area is 112 Å². The predicted octanol–water partition coefficient (Wildman–Crippen LogP) is 0.778. The summed E-state index contributed by atoms with van der Waals surface area (Å²) in [5, 5.41) is 3.87. The molecule has 2 rings (SSSR count). The zero-order valence-corrected chi connectivity index (χ0v) is 11.4. The molecule has 0 atom stereocenters. The Morgan fingerprint density at radius 1 is 1.32 bits per heavy atom. The lowest BCUT2D eigenvalue weighted by Gasteiger charge is -2.11. The van der Waals surface area contributed by atoms with Gasteiger partial charge in [0.25, 0.3) is 0 Å². The van der Waals surface area contributed by atoms with Crippen LogP contribution in [-0.2, 0) is 10.0 Å². The van der Waals surface area contributed by atoms with Crippen LogP contribution in [0.1, 0.15) is 0 Å². The molecular formula is C12H16N4O2S. The SMILES string of the molecule is CNS(=O)(=O)CCNc1ccc2ncccc2c1N. The lowest BCUT2D eigenvalue weighted by atomic mass is 10.1. The highest BCUT2D eigenvalue weighted by Gasteiger charge is 2.08. The molecule has 1 heterocycles. The first-order chi connectivity index (χ1) is 9.03.